The number of likely N-dealkylation sites (tertiary alicyclic amines) is 1. The molecule has 0 bridgehead atoms. The van der Waals surface area contributed by atoms with E-state index < -0.39 is 5.60 Å². The van der Waals surface area contributed by atoms with E-state index in [4.69, 9.17) is 0 Å². The van der Waals surface area contributed by atoms with E-state index in [0.29, 0.717) is 31.2 Å². The Morgan fingerprint density at radius 3 is 2.83 bits per heavy atom. The molecule has 2 aliphatic rings. The Hall–Kier alpha value is -1.47. The minimum atomic E-state index is -1.01. The number of nitrogens with zero attached hydrogens (tertiary/aromatic N) is 3. The SMILES string of the molecule is O=C(CN1CCCC(O)(c2cn[nH]n2)C1)NC1CCCCCC1. The van der Waals surface area contributed by atoms with Crippen molar-refractivity contribution in [2.75, 3.05) is 19.6 Å². The van der Waals surface area contributed by atoms with Crippen molar-refractivity contribution in [3.05, 3.63) is 11.9 Å². The largest absolute Gasteiger partial charge is 0.382 e. The molecule has 1 aromatic rings. The van der Waals surface area contributed by atoms with Gasteiger partial charge in [-0.15, -0.1) is 0 Å². The van der Waals surface area contributed by atoms with Crippen LogP contribution < -0.4 is 5.32 Å². The van der Waals surface area contributed by atoms with Crippen molar-refractivity contribution in [1.29, 1.82) is 0 Å². The molecule has 0 spiro atoms. The van der Waals surface area contributed by atoms with Gasteiger partial charge in [0, 0.05) is 12.6 Å². The smallest absolute Gasteiger partial charge is 0.234 e. The summed E-state index contributed by atoms with van der Waals surface area (Å²) < 4.78 is 0. The third-order valence-electron chi connectivity index (χ3n) is 5.03. The van der Waals surface area contributed by atoms with Crippen LogP contribution in [-0.2, 0) is 10.4 Å². The quantitative estimate of drug-likeness (QED) is 0.717. The topological polar surface area (TPSA) is 94.1 Å². The standard InChI is InChI=1S/C16H27N5O2/c22-15(18-13-6-3-1-2-4-7-13)11-21-9-5-8-16(23,12-21)14-10-17-20-19-14/h10,13,23H,1-9,11-12H2,(H,18,22)(H,17,19,20). The van der Waals surface area contributed by atoms with Crippen molar-refractivity contribution in [2.24, 2.45) is 0 Å². The molecule has 3 N–H and O–H groups in total. The first-order chi connectivity index (χ1) is 11.2. The summed E-state index contributed by atoms with van der Waals surface area (Å²) in [4.78, 5) is 14.3. The minimum Gasteiger partial charge on any atom is -0.382 e. The van der Waals surface area contributed by atoms with Crippen molar-refractivity contribution in [3.8, 4) is 0 Å². The molecule has 7 nitrogen and oxygen atoms in total. The number of β-amino-alcohol motifs (C(OH)–C–C–N with tert-alkyl or cyclic N) is 1. The lowest BCUT2D eigenvalue weighted by Gasteiger charge is -2.37. The van der Waals surface area contributed by atoms with Crippen molar-refractivity contribution in [1.82, 2.24) is 25.6 Å². The molecular weight excluding hydrogens is 294 g/mol. The van der Waals surface area contributed by atoms with Crippen LogP contribution in [0.4, 0.5) is 0 Å². The molecule has 0 aromatic carbocycles. The van der Waals surface area contributed by atoms with Crippen LogP contribution in [0.2, 0.25) is 0 Å². The van der Waals surface area contributed by atoms with Crippen molar-refractivity contribution >= 4 is 5.91 Å². The first kappa shape index (κ1) is 16.4. The summed E-state index contributed by atoms with van der Waals surface area (Å²) in [5.41, 5.74) is -0.445. The second-order valence-corrected chi connectivity index (χ2v) is 6.96. The Labute approximate surface area is 136 Å². The van der Waals surface area contributed by atoms with Crippen LogP contribution in [0.25, 0.3) is 0 Å². The number of carbonyl (C=O) groups excluding carboxylic acids is 1. The Bertz CT molecular complexity index is 499. The summed E-state index contributed by atoms with van der Waals surface area (Å²) >= 11 is 0. The van der Waals surface area contributed by atoms with Gasteiger partial charge in [0.05, 0.1) is 12.7 Å². The molecule has 1 saturated carbocycles. The zero-order valence-corrected chi connectivity index (χ0v) is 13.6. The molecule has 1 atom stereocenters. The normalized spacial score (nSPS) is 27.5. The molecule has 2 fully saturated rings. The molecule has 1 aliphatic carbocycles. The number of hydrogen-bond donors (Lipinski definition) is 3. The van der Waals surface area contributed by atoms with Crippen LogP contribution in [-0.4, -0.2) is 57.0 Å². The van der Waals surface area contributed by atoms with Gasteiger partial charge in [0.15, 0.2) is 0 Å². The predicted octanol–water partition coefficient (Wildman–Crippen LogP) is 0.927. The monoisotopic (exact) mass is 321 g/mol. The molecule has 0 radical (unpaired) electrons. The summed E-state index contributed by atoms with van der Waals surface area (Å²) in [6, 6.07) is 0.323. The number of H-pyrrole nitrogens is 1. The molecule has 128 valence electrons. The van der Waals surface area contributed by atoms with Crippen molar-refractivity contribution < 1.29 is 9.90 Å². The average Bonchev–Trinajstić information content (AvgIpc) is 2.95. The predicted molar refractivity (Wildman–Crippen MR) is 85.6 cm³/mol. The number of piperidine rings is 1. The second kappa shape index (κ2) is 7.40. The fourth-order valence-electron chi connectivity index (χ4n) is 3.79. The van der Waals surface area contributed by atoms with Gasteiger partial charge in [-0.05, 0) is 32.2 Å². The summed E-state index contributed by atoms with van der Waals surface area (Å²) in [6.45, 7) is 1.60. The van der Waals surface area contributed by atoms with Gasteiger partial charge in [-0.3, -0.25) is 9.69 Å². The highest BCUT2D eigenvalue weighted by atomic mass is 16.3. The second-order valence-electron chi connectivity index (χ2n) is 6.96. The lowest BCUT2D eigenvalue weighted by molar-refractivity contribution is -0.125. The molecule has 7 heteroatoms. The molecule has 1 amide bonds. The fourth-order valence-corrected chi connectivity index (χ4v) is 3.79. The number of amides is 1. The van der Waals surface area contributed by atoms with Gasteiger partial charge in [-0.2, -0.15) is 15.4 Å². The van der Waals surface area contributed by atoms with Gasteiger partial charge < -0.3 is 10.4 Å². The van der Waals surface area contributed by atoms with Gasteiger partial charge in [0.2, 0.25) is 5.91 Å². The van der Waals surface area contributed by atoms with E-state index in [1.807, 2.05) is 4.90 Å². The number of carbonyl (C=O) groups is 1. The number of rotatable bonds is 4. The van der Waals surface area contributed by atoms with E-state index in [-0.39, 0.29) is 5.91 Å². The van der Waals surface area contributed by atoms with E-state index >= 15 is 0 Å². The number of aromatic nitrogens is 3. The lowest BCUT2D eigenvalue weighted by Crippen LogP contribution is -2.50. The summed E-state index contributed by atoms with van der Waals surface area (Å²) in [5.74, 6) is 0.0707. The van der Waals surface area contributed by atoms with E-state index in [0.717, 1.165) is 25.8 Å². The van der Waals surface area contributed by atoms with E-state index in [9.17, 15) is 9.90 Å². The van der Waals surface area contributed by atoms with Crippen LogP contribution in [0, 0.1) is 0 Å². The average molecular weight is 321 g/mol. The summed E-state index contributed by atoms with van der Waals surface area (Å²) in [6.07, 6.45) is 10.2. The third kappa shape index (κ3) is 4.29. The van der Waals surface area contributed by atoms with Crippen LogP contribution >= 0.6 is 0 Å². The number of nitrogens with one attached hydrogen (secondary N) is 2. The maximum atomic E-state index is 12.3. The van der Waals surface area contributed by atoms with Gasteiger partial charge in [0.25, 0.3) is 0 Å². The van der Waals surface area contributed by atoms with Gasteiger partial charge in [-0.25, -0.2) is 0 Å². The molecule has 1 aromatic heterocycles. The van der Waals surface area contributed by atoms with E-state index in [1.54, 1.807) is 6.20 Å². The number of aliphatic hydroxyl groups is 1. The maximum Gasteiger partial charge on any atom is 0.234 e. The summed E-state index contributed by atoms with van der Waals surface area (Å²) in [5, 5.41) is 24.3. The molecule has 1 aliphatic heterocycles. The van der Waals surface area contributed by atoms with Gasteiger partial charge >= 0.3 is 0 Å². The highest BCUT2D eigenvalue weighted by molar-refractivity contribution is 5.78. The van der Waals surface area contributed by atoms with Crippen LogP contribution in [0.1, 0.15) is 57.1 Å². The van der Waals surface area contributed by atoms with Crippen molar-refractivity contribution in [3.63, 3.8) is 0 Å². The Balaban J connectivity index is 1.52. The first-order valence-corrected chi connectivity index (χ1v) is 8.76. The van der Waals surface area contributed by atoms with Gasteiger partial charge in [-0.1, -0.05) is 25.7 Å². The molecule has 1 saturated heterocycles. The molecule has 3 rings (SSSR count). The Morgan fingerprint density at radius 1 is 1.35 bits per heavy atom. The van der Waals surface area contributed by atoms with Crippen LogP contribution in [0.3, 0.4) is 0 Å². The fraction of sp³-hybridized carbons (Fsp3) is 0.812. The van der Waals surface area contributed by atoms with Gasteiger partial charge in [0.1, 0.15) is 11.3 Å². The van der Waals surface area contributed by atoms with Crippen LogP contribution in [0.15, 0.2) is 6.20 Å². The highest BCUT2D eigenvalue weighted by Crippen LogP contribution is 2.29. The zero-order chi connectivity index (χ0) is 16.1. The lowest BCUT2D eigenvalue weighted by atomic mass is 9.90. The first-order valence-electron chi connectivity index (χ1n) is 8.76. The Morgan fingerprint density at radius 2 is 2.13 bits per heavy atom. The number of hydrogen-bond acceptors (Lipinski definition) is 5. The van der Waals surface area contributed by atoms with Crippen LogP contribution in [0.5, 0.6) is 0 Å². The van der Waals surface area contributed by atoms with E-state index in [1.165, 1.54) is 25.7 Å². The molecule has 1 unspecified atom stereocenters. The van der Waals surface area contributed by atoms with E-state index in [2.05, 4.69) is 20.7 Å². The summed E-state index contributed by atoms with van der Waals surface area (Å²) in [7, 11) is 0. The molecule has 23 heavy (non-hydrogen) atoms. The highest BCUT2D eigenvalue weighted by Gasteiger charge is 2.37. The molecular formula is C16H27N5O2. The zero-order valence-electron chi connectivity index (χ0n) is 13.6. The third-order valence-corrected chi connectivity index (χ3v) is 5.03. The minimum absolute atomic E-state index is 0.0707. The number of aromatic amines is 1. The molecule has 2 heterocycles. The maximum absolute atomic E-state index is 12.3. The Kier molecular flexibility index (Phi) is 5.27. The van der Waals surface area contributed by atoms with Crippen molar-refractivity contribution in [2.45, 2.75) is 63.0 Å².